The fraction of sp³-hybridized carbons (Fsp3) is 0.429. The summed E-state index contributed by atoms with van der Waals surface area (Å²) in [6.45, 7) is 1.79. The highest BCUT2D eigenvalue weighted by Crippen LogP contribution is 2.17. The average Bonchev–Trinajstić information content (AvgIpc) is 3.04. The summed E-state index contributed by atoms with van der Waals surface area (Å²) in [5, 5.41) is 2.84. The predicted octanol–water partition coefficient (Wildman–Crippen LogP) is 1.87. The van der Waals surface area contributed by atoms with Crippen LogP contribution in [0.2, 0.25) is 0 Å². The van der Waals surface area contributed by atoms with Crippen LogP contribution in [0.15, 0.2) is 28.7 Å². The fourth-order valence-electron chi connectivity index (χ4n) is 2.25. The van der Waals surface area contributed by atoms with Gasteiger partial charge in [0, 0.05) is 19.6 Å². The number of hydrogen-bond donors (Lipinski definition) is 1. The van der Waals surface area contributed by atoms with Gasteiger partial charge >= 0.3 is 0 Å². The number of nitrogens with one attached hydrogen (secondary N) is 1. The molecule has 0 saturated carbocycles. The number of oxazole rings is 1. The zero-order valence-corrected chi connectivity index (χ0v) is 10.6. The van der Waals surface area contributed by atoms with Crippen LogP contribution in [-0.2, 0) is 16.1 Å². The van der Waals surface area contributed by atoms with E-state index in [0.717, 1.165) is 24.1 Å². The largest absolute Gasteiger partial charge is 0.439 e. The van der Waals surface area contributed by atoms with Crippen LogP contribution in [0.25, 0.3) is 11.1 Å². The minimum absolute atomic E-state index is 0.0257. The Hall–Kier alpha value is -1.88. The summed E-state index contributed by atoms with van der Waals surface area (Å²) in [4.78, 5) is 16.1. The molecule has 1 N–H and O–H groups in total. The SMILES string of the molecule is O=C(C[C@H]1CCOC1)NCc1nc2ccccc2o1. The van der Waals surface area contributed by atoms with Gasteiger partial charge in [-0.05, 0) is 24.5 Å². The number of aromatic nitrogens is 1. The lowest BCUT2D eigenvalue weighted by Gasteiger charge is -2.06. The predicted molar refractivity (Wildman–Crippen MR) is 69.4 cm³/mol. The maximum Gasteiger partial charge on any atom is 0.220 e. The van der Waals surface area contributed by atoms with Crippen molar-refractivity contribution in [2.24, 2.45) is 5.92 Å². The quantitative estimate of drug-likeness (QED) is 0.911. The van der Waals surface area contributed by atoms with Gasteiger partial charge in [-0.2, -0.15) is 0 Å². The van der Waals surface area contributed by atoms with E-state index in [9.17, 15) is 4.79 Å². The molecule has 0 radical (unpaired) electrons. The number of para-hydroxylation sites is 2. The van der Waals surface area contributed by atoms with Gasteiger partial charge in [0.15, 0.2) is 5.58 Å². The van der Waals surface area contributed by atoms with Crippen LogP contribution in [0.5, 0.6) is 0 Å². The Morgan fingerprint density at radius 2 is 2.32 bits per heavy atom. The number of nitrogens with zero attached hydrogens (tertiary/aromatic N) is 1. The van der Waals surface area contributed by atoms with Crippen molar-refractivity contribution < 1.29 is 13.9 Å². The van der Waals surface area contributed by atoms with E-state index >= 15 is 0 Å². The zero-order valence-electron chi connectivity index (χ0n) is 10.6. The molecule has 1 fully saturated rings. The van der Waals surface area contributed by atoms with Gasteiger partial charge in [-0.1, -0.05) is 12.1 Å². The summed E-state index contributed by atoms with van der Waals surface area (Å²) < 4.78 is 10.8. The molecule has 1 atom stereocenters. The molecule has 1 aromatic carbocycles. The molecule has 19 heavy (non-hydrogen) atoms. The van der Waals surface area contributed by atoms with Gasteiger partial charge in [0.25, 0.3) is 0 Å². The molecule has 0 bridgehead atoms. The number of carbonyl (C=O) groups is 1. The summed E-state index contributed by atoms with van der Waals surface area (Å²) in [5.74, 6) is 0.915. The molecule has 1 aliphatic rings. The molecular formula is C14H16N2O3. The Balaban J connectivity index is 1.54. The van der Waals surface area contributed by atoms with E-state index in [2.05, 4.69) is 10.3 Å². The van der Waals surface area contributed by atoms with Crippen LogP contribution in [0.3, 0.4) is 0 Å². The van der Waals surface area contributed by atoms with E-state index in [4.69, 9.17) is 9.15 Å². The summed E-state index contributed by atoms with van der Waals surface area (Å²) >= 11 is 0. The highest BCUT2D eigenvalue weighted by molar-refractivity contribution is 5.76. The number of fused-ring (bicyclic) bond motifs is 1. The molecule has 5 nitrogen and oxygen atoms in total. The zero-order chi connectivity index (χ0) is 13.1. The molecule has 1 aliphatic heterocycles. The first-order valence-electron chi connectivity index (χ1n) is 6.50. The highest BCUT2D eigenvalue weighted by atomic mass is 16.5. The molecular weight excluding hydrogens is 244 g/mol. The standard InChI is InChI=1S/C14H16N2O3/c17-13(7-10-5-6-18-9-10)15-8-14-16-11-3-1-2-4-12(11)19-14/h1-4,10H,5-9H2,(H,15,17)/t10-/m1/s1. The molecule has 3 rings (SSSR count). The lowest BCUT2D eigenvalue weighted by molar-refractivity contribution is -0.122. The van der Waals surface area contributed by atoms with E-state index in [1.54, 1.807) is 0 Å². The second kappa shape index (κ2) is 5.40. The molecule has 100 valence electrons. The summed E-state index contributed by atoms with van der Waals surface area (Å²) in [6, 6.07) is 7.56. The molecule has 0 unspecified atom stereocenters. The van der Waals surface area contributed by atoms with Crippen LogP contribution < -0.4 is 5.32 Å². The monoisotopic (exact) mass is 260 g/mol. The van der Waals surface area contributed by atoms with E-state index < -0.39 is 0 Å². The topological polar surface area (TPSA) is 64.4 Å². The van der Waals surface area contributed by atoms with Gasteiger partial charge in [0.1, 0.15) is 5.52 Å². The molecule has 1 aromatic heterocycles. The normalized spacial score (nSPS) is 18.8. The van der Waals surface area contributed by atoms with Crippen LogP contribution in [0.1, 0.15) is 18.7 Å². The second-order valence-corrected chi connectivity index (χ2v) is 4.79. The molecule has 2 heterocycles. The summed E-state index contributed by atoms with van der Waals surface area (Å²) in [5.41, 5.74) is 1.56. The lowest BCUT2D eigenvalue weighted by atomic mass is 10.1. The molecule has 0 spiro atoms. The minimum Gasteiger partial charge on any atom is -0.439 e. The summed E-state index contributed by atoms with van der Waals surface area (Å²) in [7, 11) is 0. The molecule has 1 saturated heterocycles. The Morgan fingerprint density at radius 3 is 3.11 bits per heavy atom. The minimum atomic E-state index is 0.0257. The lowest BCUT2D eigenvalue weighted by Crippen LogP contribution is -2.25. The van der Waals surface area contributed by atoms with Gasteiger partial charge in [-0.25, -0.2) is 4.98 Å². The highest BCUT2D eigenvalue weighted by Gasteiger charge is 2.19. The number of hydrogen-bond acceptors (Lipinski definition) is 4. The number of amides is 1. The van der Waals surface area contributed by atoms with Gasteiger partial charge in [-0.15, -0.1) is 0 Å². The van der Waals surface area contributed by atoms with Crippen molar-refractivity contribution in [2.75, 3.05) is 13.2 Å². The van der Waals surface area contributed by atoms with Crippen LogP contribution in [0.4, 0.5) is 0 Å². The van der Waals surface area contributed by atoms with E-state index in [1.165, 1.54) is 0 Å². The van der Waals surface area contributed by atoms with E-state index in [1.807, 2.05) is 24.3 Å². The summed E-state index contributed by atoms with van der Waals surface area (Å²) in [6.07, 6.45) is 1.48. The Morgan fingerprint density at radius 1 is 1.42 bits per heavy atom. The van der Waals surface area contributed by atoms with Crippen LogP contribution in [0, 0.1) is 5.92 Å². The van der Waals surface area contributed by atoms with Crippen molar-refractivity contribution in [2.45, 2.75) is 19.4 Å². The van der Waals surface area contributed by atoms with Gasteiger partial charge in [0.2, 0.25) is 11.8 Å². The number of benzene rings is 1. The molecule has 1 amide bonds. The first-order valence-corrected chi connectivity index (χ1v) is 6.50. The number of ether oxygens (including phenoxy) is 1. The van der Waals surface area contributed by atoms with Crippen LogP contribution in [-0.4, -0.2) is 24.1 Å². The van der Waals surface area contributed by atoms with Crippen molar-refractivity contribution >= 4 is 17.0 Å². The second-order valence-electron chi connectivity index (χ2n) is 4.79. The van der Waals surface area contributed by atoms with E-state index in [0.29, 0.717) is 31.4 Å². The van der Waals surface area contributed by atoms with Gasteiger partial charge in [0.05, 0.1) is 6.54 Å². The molecule has 5 heteroatoms. The van der Waals surface area contributed by atoms with Crippen molar-refractivity contribution in [3.63, 3.8) is 0 Å². The third-order valence-electron chi connectivity index (χ3n) is 3.27. The van der Waals surface area contributed by atoms with Crippen LogP contribution >= 0.6 is 0 Å². The van der Waals surface area contributed by atoms with Gasteiger partial charge in [-0.3, -0.25) is 4.79 Å². The first-order chi connectivity index (χ1) is 9.31. The number of carbonyl (C=O) groups excluding carboxylic acids is 1. The molecule has 0 aliphatic carbocycles. The van der Waals surface area contributed by atoms with Gasteiger partial charge < -0.3 is 14.5 Å². The maximum atomic E-state index is 11.8. The Kier molecular flexibility index (Phi) is 3.46. The van der Waals surface area contributed by atoms with Crippen molar-refractivity contribution in [1.82, 2.24) is 10.3 Å². The Bertz CT molecular complexity index is 540. The third-order valence-corrected chi connectivity index (χ3v) is 3.27. The first kappa shape index (κ1) is 12.2. The van der Waals surface area contributed by atoms with Crippen molar-refractivity contribution in [3.05, 3.63) is 30.2 Å². The average molecular weight is 260 g/mol. The fourth-order valence-corrected chi connectivity index (χ4v) is 2.25. The van der Waals surface area contributed by atoms with Crippen molar-refractivity contribution in [3.8, 4) is 0 Å². The maximum absolute atomic E-state index is 11.8. The third kappa shape index (κ3) is 2.93. The molecule has 2 aromatic rings. The number of rotatable bonds is 4. The van der Waals surface area contributed by atoms with E-state index in [-0.39, 0.29) is 5.91 Å². The van der Waals surface area contributed by atoms with Crippen molar-refractivity contribution in [1.29, 1.82) is 0 Å². The smallest absolute Gasteiger partial charge is 0.220 e. The Labute approximate surface area is 111 Å².